The molecule has 9 heteroatoms. The van der Waals surface area contributed by atoms with Crippen LogP contribution in [0.3, 0.4) is 0 Å². The van der Waals surface area contributed by atoms with Crippen molar-refractivity contribution < 1.29 is 20.1 Å². The van der Waals surface area contributed by atoms with E-state index in [9.17, 15) is 20.1 Å². The summed E-state index contributed by atoms with van der Waals surface area (Å²) < 4.78 is 1.32. The molecule has 5 N–H and O–H groups in total. The smallest absolute Gasteiger partial charge is 0.319 e. The molecule has 2 aromatic carbocycles. The number of aromatic nitrogens is 3. The van der Waals surface area contributed by atoms with E-state index in [1.165, 1.54) is 15.5 Å². The van der Waals surface area contributed by atoms with Crippen LogP contribution >= 0.6 is 0 Å². The predicted molar refractivity (Wildman–Crippen MR) is 102 cm³/mol. The van der Waals surface area contributed by atoms with Crippen molar-refractivity contribution in [1.82, 2.24) is 19.7 Å². The Labute approximate surface area is 161 Å². The van der Waals surface area contributed by atoms with E-state index >= 15 is 0 Å². The first-order valence-corrected chi connectivity index (χ1v) is 8.63. The Morgan fingerprint density at radius 1 is 1.14 bits per heavy atom. The molecule has 0 unspecified atom stereocenters. The number of nitrogens with two attached hydrogens (primary N) is 1. The number of nitrogens with zero attached hydrogens (tertiary/aromatic N) is 4. The van der Waals surface area contributed by atoms with Gasteiger partial charge in [0, 0.05) is 26.2 Å². The van der Waals surface area contributed by atoms with Gasteiger partial charge >= 0.3 is 6.01 Å². The number of hydrogen-bond acceptors (Lipinski definition) is 7. The summed E-state index contributed by atoms with van der Waals surface area (Å²) in [6.45, 7) is 2.55. The number of benzene rings is 2. The molecule has 0 spiro atoms. The third kappa shape index (κ3) is 3.35. The van der Waals surface area contributed by atoms with Gasteiger partial charge in [-0.15, -0.1) is 5.10 Å². The maximum atomic E-state index is 12.5. The number of phenolic OH excluding ortho intramolecular Hbond substituents is 2. The van der Waals surface area contributed by atoms with Crippen LogP contribution in [0.2, 0.25) is 0 Å². The van der Waals surface area contributed by atoms with Gasteiger partial charge in [-0.05, 0) is 30.7 Å². The zero-order chi connectivity index (χ0) is 20.4. The molecule has 1 heterocycles. The molecule has 0 saturated heterocycles. The first kappa shape index (κ1) is 19.2. The maximum Gasteiger partial charge on any atom is 0.319 e. The Balaban J connectivity index is 2.19. The van der Waals surface area contributed by atoms with Gasteiger partial charge in [0.25, 0.3) is 5.91 Å². The van der Waals surface area contributed by atoms with Gasteiger partial charge in [-0.2, -0.15) is 0 Å². The monoisotopic (exact) mass is 383 g/mol. The van der Waals surface area contributed by atoms with E-state index in [0.717, 1.165) is 11.6 Å². The molecule has 1 aromatic heterocycles. The lowest BCUT2D eigenvalue weighted by atomic mass is 10.1. The minimum absolute atomic E-state index is 0.00176. The summed E-state index contributed by atoms with van der Waals surface area (Å²) in [4.78, 5) is 13.9. The van der Waals surface area contributed by atoms with Crippen molar-refractivity contribution in [3.05, 3.63) is 47.5 Å². The normalized spacial score (nSPS) is 10.8. The number of aromatic hydroxyl groups is 3. The highest BCUT2D eigenvalue weighted by atomic mass is 16.3. The summed E-state index contributed by atoms with van der Waals surface area (Å²) in [5, 5.41) is 38.3. The van der Waals surface area contributed by atoms with Gasteiger partial charge < -0.3 is 26.0 Å². The predicted octanol–water partition coefficient (Wildman–Crippen LogP) is 1.60. The van der Waals surface area contributed by atoms with Crippen LogP contribution in [0.4, 0.5) is 0 Å². The van der Waals surface area contributed by atoms with Crippen LogP contribution in [-0.2, 0) is 6.54 Å². The van der Waals surface area contributed by atoms with E-state index in [1.807, 2.05) is 6.07 Å². The molecule has 146 valence electrons. The molecule has 0 aliphatic rings. The van der Waals surface area contributed by atoms with Crippen LogP contribution in [0.25, 0.3) is 17.1 Å². The summed E-state index contributed by atoms with van der Waals surface area (Å²) in [6, 6.07) is 9.07. The van der Waals surface area contributed by atoms with E-state index < -0.39 is 11.9 Å². The standard InChI is InChI=1S/C19H21N5O4/c1-3-23(2)18(27)14-8-13(15(25)9-16(14)26)17-21-22-19(28)24(17)12-6-4-5-11(7-12)10-20/h4-9,25-26H,3,10,20H2,1-2H3,(H,22,28). The van der Waals surface area contributed by atoms with Gasteiger partial charge in [0.1, 0.15) is 11.5 Å². The number of amides is 1. The molecule has 28 heavy (non-hydrogen) atoms. The molecule has 0 fully saturated rings. The first-order valence-electron chi connectivity index (χ1n) is 8.63. The van der Waals surface area contributed by atoms with Crippen molar-refractivity contribution in [2.24, 2.45) is 5.73 Å². The van der Waals surface area contributed by atoms with E-state index in [4.69, 9.17) is 5.73 Å². The highest BCUT2D eigenvalue weighted by Gasteiger charge is 2.23. The molecule has 1 amide bonds. The second-order valence-corrected chi connectivity index (χ2v) is 6.24. The number of phenols is 2. The quantitative estimate of drug-likeness (QED) is 0.525. The molecule has 3 aromatic rings. The van der Waals surface area contributed by atoms with E-state index in [2.05, 4.69) is 10.2 Å². The fraction of sp³-hybridized carbons (Fsp3) is 0.211. The molecule has 0 bridgehead atoms. The number of carbonyl (C=O) groups excluding carboxylic acids is 1. The van der Waals surface area contributed by atoms with Crippen LogP contribution in [0.15, 0.2) is 36.4 Å². The van der Waals surface area contributed by atoms with Gasteiger partial charge in [-0.3, -0.25) is 4.79 Å². The van der Waals surface area contributed by atoms with E-state index in [-0.39, 0.29) is 28.5 Å². The molecule has 0 radical (unpaired) electrons. The molecular formula is C19H21N5O4. The Kier molecular flexibility index (Phi) is 5.18. The molecule has 3 rings (SSSR count). The van der Waals surface area contributed by atoms with Crippen molar-refractivity contribution in [1.29, 1.82) is 0 Å². The third-order valence-corrected chi connectivity index (χ3v) is 4.46. The summed E-state index contributed by atoms with van der Waals surface area (Å²) in [7, 11) is 1.60. The minimum Gasteiger partial charge on any atom is -0.507 e. The summed E-state index contributed by atoms with van der Waals surface area (Å²) in [5.74, 6) is -0.970. The Morgan fingerprint density at radius 3 is 2.57 bits per heavy atom. The van der Waals surface area contributed by atoms with Crippen LogP contribution in [0.1, 0.15) is 22.8 Å². The fourth-order valence-electron chi connectivity index (χ4n) is 2.79. The Bertz CT molecular complexity index is 1030. The van der Waals surface area contributed by atoms with Crippen molar-refractivity contribution in [3.63, 3.8) is 0 Å². The Hall–Kier alpha value is -3.59. The summed E-state index contributed by atoms with van der Waals surface area (Å²) in [5.41, 5.74) is 7.18. The molecule has 9 nitrogen and oxygen atoms in total. The van der Waals surface area contributed by atoms with Crippen molar-refractivity contribution in [2.45, 2.75) is 13.5 Å². The minimum atomic E-state index is -0.415. The average molecular weight is 383 g/mol. The topological polar surface area (TPSA) is 138 Å². The number of rotatable bonds is 5. The second-order valence-electron chi connectivity index (χ2n) is 6.24. The molecule has 0 aliphatic heterocycles. The zero-order valence-corrected chi connectivity index (χ0v) is 15.5. The number of hydrogen-bond donors (Lipinski definition) is 4. The second kappa shape index (κ2) is 7.57. The Morgan fingerprint density at radius 2 is 1.89 bits per heavy atom. The lowest BCUT2D eigenvalue weighted by Gasteiger charge is -2.17. The molecule has 0 atom stereocenters. The first-order chi connectivity index (χ1) is 13.4. The van der Waals surface area contributed by atoms with Gasteiger partial charge in [0.2, 0.25) is 0 Å². The molecular weight excluding hydrogens is 362 g/mol. The average Bonchev–Trinajstić information content (AvgIpc) is 3.08. The van der Waals surface area contributed by atoms with Gasteiger partial charge in [0.05, 0.1) is 16.8 Å². The van der Waals surface area contributed by atoms with Gasteiger partial charge in [0.15, 0.2) is 5.82 Å². The SMILES string of the molecule is CCN(C)C(=O)c1cc(-c2nnc(O)n2-c2cccc(CN)c2)c(O)cc1O. The highest BCUT2D eigenvalue weighted by Crippen LogP contribution is 2.36. The van der Waals surface area contributed by atoms with Crippen molar-refractivity contribution >= 4 is 5.91 Å². The van der Waals surface area contributed by atoms with Crippen LogP contribution in [0.5, 0.6) is 17.5 Å². The summed E-state index contributed by atoms with van der Waals surface area (Å²) >= 11 is 0. The zero-order valence-electron chi connectivity index (χ0n) is 15.5. The maximum absolute atomic E-state index is 12.5. The van der Waals surface area contributed by atoms with Crippen molar-refractivity contribution in [2.75, 3.05) is 13.6 Å². The lowest BCUT2D eigenvalue weighted by Crippen LogP contribution is -2.26. The van der Waals surface area contributed by atoms with Crippen LogP contribution < -0.4 is 5.73 Å². The van der Waals surface area contributed by atoms with Gasteiger partial charge in [-0.1, -0.05) is 17.2 Å². The van der Waals surface area contributed by atoms with Crippen LogP contribution in [0, 0.1) is 0 Å². The van der Waals surface area contributed by atoms with E-state index in [1.54, 1.807) is 32.2 Å². The van der Waals surface area contributed by atoms with Gasteiger partial charge in [-0.25, -0.2) is 4.57 Å². The lowest BCUT2D eigenvalue weighted by molar-refractivity contribution is 0.0799. The fourth-order valence-corrected chi connectivity index (χ4v) is 2.79. The largest absolute Gasteiger partial charge is 0.507 e. The summed E-state index contributed by atoms with van der Waals surface area (Å²) in [6.07, 6.45) is 0. The third-order valence-electron chi connectivity index (χ3n) is 4.46. The molecule has 0 saturated carbocycles. The highest BCUT2D eigenvalue weighted by molar-refractivity contribution is 5.98. The van der Waals surface area contributed by atoms with E-state index in [0.29, 0.717) is 18.8 Å². The number of carbonyl (C=O) groups is 1. The van der Waals surface area contributed by atoms with Crippen LogP contribution in [-0.4, -0.2) is 54.5 Å². The van der Waals surface area contributed by atoms with Crippen molar-refractivity contribution in [3.8, 4) is 34.6 Å². The molecule has 0 aliphatic carbocycles.